The van der Waals surface area contributed by atoms with Crippen LogP contribution in [0.25, 0.3) is 10.2 Å². The predicted octanol–water partition coefficient (Wildman–Crippen LogP) is 2.71. The summed E-state index contributed by atoms with van der Waals surface area (Å²) in [7, 11) is 0. The SMILES string of the molecule is CCc1c(C)sc2nc(CC(=O)NCc3ccccc3)[nH]c(=O)c12. The average Bonchev–Trinajstić information content (AvgIpc) is 2.89. The van der Waals surface area contributed by atoms with Crippen molar-refractivity contribution in [2.24, 2.45) is 0 Å². The van der Waals surface area contributed by atoms with Crippen LogP contribution in [-0.2, 0) is 24.2 Å². The van der Waals surface area contributed by atoms with E-state index in [0.29, 0.717) is 22.6 Å². The summed E-state index contributed by atoms with van der Waals surface area (Å²) in [6.45, 7) is 4.49. The molecule has 124 valence electrons. The fourth-order valence-electron chi connectivity index (χ4n) is 2.74. The smallest absolute Gasteiger partial charge is 0.259 e. The highest BCUT2D eigenvalue weighted by Crippen LogP contribution is 2.27. The summed E-state index contributed by atoms with van der Waals surface area (Å²) in [6, 6.07) is 9.70. The maximum absolute atomic E-state index is 12.3. The summed E-state index contributed by atoms with van der Waals surface area (Å²) in [4.78, 5) is 33.4. The molecule has 0 aliphatic heterocycles. The quantitative estimate of drug-likeness (QED) is 0.749. The van der Waals surface area contributed by atoms with Crippen LogP contribution >= 0.6 is 11.3 Å². The molecule has 0 radical (unpaired) electrons. The summed E-state index contributed by atoms with van der Waals surface area (Å²) in [5, 5.41) is 3.51. The zero-order valence-corrected chi connectivity index (χ0v) is 14.5. The molecule has 0 aliphatic rings. The van der Waals surface area contributed by atoms with Gasteiger partial charge in [0.15, 0.2) is 0 Å². The number of hydrogen-bond donors (Lipinski definition) is 2. The molecule has 2 heterocycles. The number of nitrogens with one attached hydrogen (secondary N) is 2. The molecule has 5 nitrogen and oxygen atoms in total. The van der Waals surface area contributed by atoms with Crippen molar-refractivity contribution in [2.45, 2.75) is 33.2 Å². The van der Waals surface area contributed by atoms with E-state index in [1.165, 1.54) is 11.3 Å². The standard InChI is InChI=1S/C18H19N3O2S/c1-3-13-11(2)24-18-16(13)17(23)20-14(21-18)9-15(22)19-10-12-7-5-4-6-8-12/h4-8H,3,9-10H2,1-2H3,(H,19,22)(H,20,21,23). The largest absolute Gasteiger partial charge is 0.352 e. The van der Waals surface area contributed by atoms with Crippen LogP contribution in [0.15, 0.2) is 35.1 Å². The Labute approximate surface area is 143 Å². The van der Waals surface area contributed by atoms with Crippen LogP contribution in [0.1, 0.15) is 28.8 Å². The van der Waals surface area contributed by atoms with Gasteiger partial charge in [-0.2, -0.15) is 0 Å². The van der Waals surface area contributed by atoms with Crippen LogP contribution in [0, 0.1) is 6.92 Å². The molecule has 1 aromatic carbocycles. The van der Waals surface area contributed by atoms with Crippen molar-refractivity contribution < 1.29 is 4.79 Å². The number of amides is 1. The van der Waals surface area contributed by atoms with Gasteiger partial charge in [-0.3, -0.25) is 9.59 Å². The summed E-state index contributed by atoms with van der Waals surface area (Å²) in [5.74, 6) is 0.243. The highest BCUT2D eigenvalue weighted by atomic mass is 32.1. The van der Waals surface area contributed by atoms with Gasteiger partial charge in [0, 0.05) is 11.4 Å². The van der Waals surface area contributed by atoms with Crippen molar-refractivity contribution in [3.05, 3.63) is 62.5 Å². The van der Waals surface area contributed by atoms with E-state index in [0.717, 1.165) is 22.4 Å². The third-order valence-electron chi connectivity index (χ3n) is 3.93. The van der Waals surface area contributed by atoms with Crippen molar-refractivity contribution >= 4 is 27.5 Å². The molecule has 0 fully saturated rings. The average molecular weight is 341 g/mol. The molecule has 3 rings (SSSR count). The molecular weight excluding hydrogens is 322 g/mol. The Morgan fingerprint density at radius 1 is 1.29 bits per heavy atom. The minimum Gasteiger partial charge on any atom is -0.352 e. The van der Waals surface area contributed by atoms with Crippen LogP contribution in [0.5, 0.6) is 0 Å². The van der Waals surface area contributed by atoms with Crippen LogP contribution in [-0.4, -0.2) is 15.9 Å². The van der Waals surface area contributed by atoms with Crippen molar-refractivity contribution in [3.8, 4) is 0 Å². The first-order valence-electron chi connectivity index (χ1n) is 7.90. The number of nitrogens with zero attached hydrogens (tertiary/aromatic N) is 1. The Morgan fingerprint density at radius 2 is 2.04 bits per heavy atom. The summed E-state index contributed by atoms with van der Waals surface area (Å²) >= 11 is 1.51. The lowest BCUT2D eigenvalue weighted by Gasteiger charge is -2.05. The lowest BCUT2D eigenvalue weighted by molar-refractivity contribution is -0.120. The van der Waals surface area contributed by atoms with Gasteiger partial charge >= 0.3 is 0 Å². The first kappa shape index (κ1) is 16.4. The molecule has 0 saturated carbocycles. The molecule has 2 aromatic heterocycles. The minimum absolute atomic E-state index is 0.0659. The molecule has 1 amide bonds. The fourth-order valence-corrected chi connectivity index (χ4v) is 3.87. The van der Waals surface area contributed by atoms with Crippen molar-refractivity contribution in [3.63, 3.8) is 0 Å². The van der Waals surface area contributed by atoms with Crippen molar-refractivity contribution in [1.29, 1.82) is 0 Å². The number of fused-ring (bicyclic) bond motifs is 1. The molecule has 24 heavy (non-hydrogen) atoms. The van der Waals surface area contributed by atoms with E-state index in [-0.39, 0.29) is 17.9 Å². The number of rotatable bonds is 5. The van der Waals surface area contributed by atoms with Gasteiger partial charge < -0.3 is 10.3 Å². The van der Waals surface area contributed by atoms with Crippen molar-refractivity contribution in [2.75, 3.05) is 0 Å². The van der Waals surface area contributed by atoms with E-state index >= 15 is 0 Å². The molecular formula is C18H19N3O2S. The summed E-state index contributed by atoms with van der Waals surface area (Å²) < 4.78 is 0. The Bertz CT molecular complexity index is 929. The van der Waals surface area contributed by atoms with E-state index in [2.05, 4.69) is 15.3 Å². The van der Waals surface area contributed by atoms with Gasteiger partial charge in [-0.15, -0.1) is 11.3 Å². The Morgan fingerprint density at radius 3 is 2.75 bits per heavy atom. The molecule has 0 bridgehead atoms. The van der Waals surface area contributed by atoms with Crippen LogP contribution in [0.4, 0.5) is 0 Å². The molecule has 0 spiro atoms. The second kappa shape index (κ2) is 6.97. The van der Waals surface area contributed by atoms with Crippen molar-refractivity contribution in [1.82, 2.24) is 15.3 Å². The van der Waals surface area contributed by atoms with Gasteiger partial charge in [0.1, 0.15) is 10.7 Å². The van der Waals surface area contributed by atoms with E-state index < -0.39 is 0 Å². The first-order valence-corrected chi connectivity index (χ1v) is 8.72. The maximum atomic E-state index is 12.3. The molecule has 2 N–H and O–H groups in total. The third-order valence-corrected chi connectivity index (χ3v) is 4.97. The van der Waals surface area contributed by atoms with Gasteiger partial charge in [-0.05, 0) is 24.5 Å². The van der Waals surface area contributed by atoms with E-state index in [1.807, 2.05) is 44.2 Å². The van der Waals surface area contributed by atoms with E-state index in [1.54, 1.807) is 0 Å². The molecule has 6 heteroatoms. The number of aryl methyl sites for hydroxylation is 2. The van der Waals surface area contributed by atoms with Gasteiger partial charge in [-0.1, -0.05) is 37.3 Å². The number of hydrogen-bond acceptors (Lipinski definition) is 4. The van der Waals surface area contributed by atoms with Gasteiger partial charge in [-0.25, -0.2) is 4.98 Å². The zero-order valence-electron chi connectivity index (χ0n) is 13.7. The van der Waals surface area contributed by atoms with E-state index in [9.17, 15) is 9.59 Å². The fraction of sp³-hybridized carbons (Fsp3) is 0.278. The first-order chi connectivity index (χ1) is 11.6. The molecule has 0 atom stereocenters. The monoisotopic (exact) mass is 341 g/mol. The second-order valence-corrected chi connectivity index (χ2v) is 6.83. The summed E-state index contributed by atoms with van der Waals surface area (Å²) in [5.41, 5.74) is 1.92. The number of carbonyl (C=O) groups is 1. The Kier molecular flexibility index (Phi) is 4.76. The summed E-state index contributed by atoms with van der Waals surface area (Å²) in [6.07, 6.45) is 0.865. The number of aromatic amines is 1. The normalized spacial score (nSPS) is 10.9. The van der Waals surface area contributed by atoms with Crippen LogP contribution < -0.4 is 10.9 Å². The second-order valence-electron chi connectivity index (χ2n) is 5.62. The number of H-pyrrole nitrogens is 1. The lowest BCUT2D eigenvalue weighted by Crippen LogP contribution is -2.26. The number of benzene rings is 1. The van der Waals surface area contributed by atoms with Crippen LogP contribution in [0.2, 0.25) is 0 Å². The van der Waals surface area contributed by atoms with Gasteiger partial charge in [0.05, 0.1) is 11.8 Å². The predicted molar refractivity (Wildman–Crippen MR) is 96.3 cm³/mol. The molecule has 0 aliphatic carbocycles. The number of carbonyl (C=O) groups excluding carboxylic acids is 1. The molecule has 0 unspecified atom stereocenters. The molecule has 0 saturated heterocycles. The molecule has 3 aromatic rings. The van der Waals surface area contributed by atoms with E-state index in [4.69, 9.17) is 0 Å². The van der Waals surface area contributed by atoms with Gasteiger partial charge in [0.2, 0.25) is 5.91 Å². The highest BCUT2D eigenvalue weighted by Gasteiger charge is 2.15. The highest BCUT2D eigenvalue weighted by molar-refractivity contribution is 7.18. The number of thiophene rings is 1. The lowest BCUT2D eigenvalue weighted by atomic mass is 10.1. The van der Waals surface area contributed by atoms with Crippen LogP contribution in [0.3, 0.4) is 0 Å². The third kappa shape index (κ3) is 3.38. The van der Waals surface area contributed by atoms with Gasteiger partial charge in [0.25, 0.3) is 5.56 Å². The Hall–Kier alpha value is -2.47. The Balaban J connectivity index is 1.75. The minimum atomic E-state index is -0.162. The maximum Gasteiger partial charge on any atom is 0.259 e. The number of aromatic nitrogens is 2. The zero-order chi connectivity index (χ0) is 17.1. The topological polar surface area (TPSA) is 74.8 Å².